The van der Waals surface area contributed by atoms with E-state index in [9.17, 15) is 13.2 Å². The molecule has 1 saturated heterocycles. The van der Waals surface area contributed by atoms with Crippen molar-refractivity contribution in [2.75, 3.05) is 13.1 Å². The first-order valence-electron chi connectivity index (χ1n) is 5.96. The number of benzene rings is 1. The fourth-order valence-corrected chi connectivity index (χ4v) is 3.09. The lowest BCUT2D eigenvalue weighted by molar-refractivity contribution is -0.142. The van der Waals surface area contributed by atoms with Gasteiger partial charge in [-0.1, -0.05) is 18.2 Å². The van der Waals surface area contributed by atoms with Crippen molar-refractivity contribution in [2.45, 2.75) is 12.8 Å². The van der Waals surface area contributed by atoms with Gasteiger partial charge in [-0.2, -0.15) is 12.7 Å². The van der Waals surface area contributed by atoms with Crippen molar-refractivity contribution in [3.05, 3.63) is 30.3 Å². The standard InChI is InChI=1S/C12H15NO5S/c14-12(15)10-6-8-13(9-7-10)19(16,17)18-11-4-2-1-3-5-11/h1-5,10H,6-9H2,(H,14,15). The number of nitrogens with zero attached hydrogens (tertiary/aromatic N) is 1. The molecular weight excluding hydrogens is 270 g/mol. The molecule has 2 rings (SSSR count). The molecule has 1 fully saturated rings. The molecule has 1 aromatic carbocycles. The Labute approximate surface area is 111 Å². The monoisotopic (exact) mass is 285 g/mol. The van der Waals surface area contributed by atoms with Gasteiger partial charge < -0.3 is 9.29 Å². The van der Waals surface area contributed by atoms with Crippen molar-refractivity contribution >= 4 is 16.3 Å². The van der Waals surface area contributed by atoms with Gasteiger partial charge in [-0.25, -0.2) is 0 Å². The van der Waals surface area contributed by atoms with Crippen LogP contribution < -0.4 is 4.18 Å². The summed E-state index contributed by atoms with van der Waals surface area (Å²) in [4.78, 5) is 10.8. The van der Waals surface area contributed by atoms with Crippen molar-refractivity contribution in [1.82, 2.24) is 4.31 Å². The highest BCUT2D eigenvalue weighted by Gasteiger charge is 2.32. The molecule has 1 heterocycles. The molecule has 0 unspecified atom stereocenters. The normalized spacial score (nSPS) is 18.1. The third kappa shape index (κ3) is 3.45. The van der Waals surface area contributed by atoms with E-state index in [0.29, 0.717) is 12.8 Å². The van der Waals surface area contributed by atoms with Gasteiger partial charge in [0.15, 0.2) is 0 Å². The second-order valence-corrected chi connectivity index (χ2v) is 5.90. The van der Waals surface area contributed by atoms with E-state index in [-0.39, 0.29) is 18.8 Å². The zero-order chi connectivity index (χ0) is 13.9. The van der Waals surface area contributed by atoms with Gasteiger partial charge >= 0.3 is 16.3 Å². The molecule has 0 atom stereocenters. The van der Waals surface area contributed by atoms with Crippen LogP contribution in [0.3, 0.4) is 0 Å². The minimum atomic E-state index is -3.85. The highest BCUT2D eigenvalue weighted by atomic mass is 32.2. The highest BCUT2D eigenvalue weighted by Crippen LogP contribution is 2.22. The Morgan fingerprint density at radius 1 is 1.21 bits per heavy atom. The number of hydrogen-bond acceptors (Lipinski definition) is 4. The molecule has 0 spiro atoms. The van der Waals surface area contributed by atoms with Gasteiger partial charge in [0.1, 0.15) is 5.75 Å². The van der Waals surface area contributed by atoms with Crippen LogP contribution in [0.2, 0.25) is 0 Å². The summed E-state index contributed by atoms with van der Waals surface area (Å²) in [7, 11) is -3.85. The zero-order valence-corrected chi connectivity index (χ0v) is 11.0. The molecule has 104 valence electrons. The van der Waals surface area contributed by atoms with Crippen LogP contribution in [0.5, 0.6) is 5.75 Å². The topological polar surface area (TPSA) is 83.9 Å². The van der Waals surface area contributed by atoms with Gasteiger partial charge in [0, 0.05) is 13.1 Å². The first-order chi connectivity index (χ1) is 8.99. The molecule has 1 N–H and O–H groups in total. The molecular formula is C12H15NO5S. The Hall–Kier alpha value is -1.60. The third-order valence-electron chi connectivity index (χ3n) is 3.06. The van der Waals surface area contributed by atoms with E-state index < -0.39 is 22.2 Å². The molecule has 1 aliphatic rings. The summed E-state index contributed by atoms with van der Waals surface area (Å²) in [5.74, 6) is -1.09. The van der Waals surface area contributed by atoms with Gasteiger partial charge in [-0.05, 0) is 25.0 Å². The Kier molecular flexibility index (Phi) is 4.06. The largest absolute Gasteiger partial charge is 0.481 e. The van der Waals surface area contributed by atoms with Crippen LogP contribution in [-0.4, -0.2) is 36.9 Å². The van der Waals surface area contributed by atoms with E-state index >= 15 is 0 Å². The number of carboxylic acids is 1. The Morgan fingerprint density at radius 2 is 1.79 bits per heavy atom. The number of rotatable bonds is 4. The number of carbonyl (C=O) groups is 1. The maximum atomic E-state index is 12.0. The van der Waals surface area contributed by atoms with E-state index in [1.165, 1.54) is 4.31 Å². The minimum absolute atomic E-state index is 0.173. The second kappa shape index (κ2) is 5.58. The van der Waals surface area contributed by atoms with Crippen molar-refractivity contribution in [2.24, 2.45) is 5.92 Å². The Balaban J connectivity index is 2.00. The van der Waals surface area contributed by atoms with E-state index in [2.05, 4.69) is 0 Å². The summed E-state index contributed by atoms with van der Waals surface area (Å²) in [5, 5.41) is 8.86. The summed E-state index contributed by atoms with van der Waals surface area (Å²) in [6.45, 7) is 0.346. The number of carboxylic acid groups (broad SMARTS) is 1. The number of piperidine rings is 1. The average Bonchev–Trinajstić information content (AvgIpc) is 2.39. The summed E-state index contributed by atoms with van der Waals surface area (Å²) >= 11 is 0. The Bertz CT molecular complexity index is 534. The van der Waals surface area contributed by atoms with Gasteiger partial charge in [-0.15, -0.1) is 0 Å². The number of aliphatic carboxylic acids is 1. The predicted octanol–water partition coefficient (Wildman–Crippen LogP) is 1.11. The fourth-order valence-electron chi connectivity index (χ4n) is 1.98. The van der Waals surface area contributed by atoms with E-state index in [0.717, 1.165) is 0 Å². The summed E-state index contributed by atoms with van der Waals surface area (Å²) < 4.78 is 30.1. The first kappa shape index (κ1) is 13.8. The van der Waals surface area contributed by atoms with Crippen LogP contribution in [0, 0.1) is 5.92 Å². The number of hydrogen-bond donors (Lipinski definition) is 1. The quantitative estimate of drug-likeness (QED) is 0.895. The second-order valence-electron chi connectivity index (χ2n) is 4.37. The minimum Gasteiger partial charge on any atom is -0.481 e. The fraction of sp³-hybridized carbons (Fsp3) is 0.417. The van der Waals surface area contributed by atoms with Crippen LogP contribution >= 0.6 is 0 Å². The molecule has 0 bridgehead atoms. The van der Waals surface area contributed by atoms with Crippen LogP contribution in [0.15, 0.2) is 30.3 Å². The molecule has 1 aliphatic heterocycles. The molecule has 7 heteroatoms. The lowest BCUT2D eigenvalue weighted by atomic mass is 9.99. The molecule has 1 aromatic rings. The van der Waals surface area contributed by atoms with Crippen LogP contribution in [0.1, 0.15) is 12.8 Å². The Morgan fingerprint density at radius 3 is 2.32 bits per heavy atom. The summed E-state index contributed by atoms with van der Waals surface area (Å²) in [6.07, 6.45) is 0.624. The predicted molar refractivity (Wildman–Crippen MR) is 67.9 cm³/mol. The first-order valence-corrected chi connectivity index (χ1v) is 7.33. The highest BCUT2D eigenvalue weighted by molar-refractivity contribution is 7.84. The van der Waals surface area contributed by atoms with Crippen LogP contribution in [0.4, 0.5) is 0 Å². The van der Waals surface area contributed by atoms with Gasteiger partial charge in [0.2, 0.25) is 0 Å². The number of para-hydroxylation sites is 1. The lowest BCUT2D eigenvalue weighted by Gasteiger charge is -2.28. The molecule has 0 aliphatic carbocycles. The van der Waals surface area contributed by atoms with Crippen LogP contribution in [0.25, 0.3) is 0 Å². The molecule has 0 radical (unpaired) electrons. The zero-order valence-electron chi connectivity index (χ0n) is 10.2. The molecule has 19 heavy (non-hydrogen) atoms. The van der Waals surface area contributed by atoms with Crippen molar-refractivity contribution in [3.8, 4) is 5.75 Å². The van der Waals surface area contributed by atoms with Crippen molar-refractivity contribution in [1.29, 1.82) is 0 Å². The van der Waals surface area contributed by atoms with Gasteiger partial charge in [0.25, 0.3) is 0 Å². The average molecular weight is 285 g/mol. The van der Waals surface area contributed by atoms with Crippen LogP contribution in [-0.2, 0) is 15.1 Å². The smallest absolute Gasteiger partial charge is 0.385 e. The summed E-state index contributed by atoms with van der Waals surface area (Å²) in [6, 6.07) is 8.24. The third-order valence-corrected chi connectivity index (χ3v) is 4.46. The van der Waals surface area contributed by atoms with Crippen molar-refractivity contribution < 1.29 is 22.5 Å². The van der Waals surface area contributed by atoms with Crippen molar-refractivity contribution in [3.63, 3.8) is 0 Å². The van der Waals surface area contributed by atoms with E-state index in [1.54, 1.807) is 30.3 Å². The molecule has 6 nitrogen and oxygen atoms in total. The van der Waals surface area contributed by atoms with E-state index in [1.807, 2.05) is 0 Å². The van der Waals surface area contributed by atoms with E-state index in [4.69, 9.17) is 9.29 Å². The SMILES string of the molecule is O=C(O)C1CCN(S(=O)(=O)Oc2ccccc2)CC1. The molecule has 0 amide bonds. The summed E-state index contributed by atoms with van der Waals surface area (Å²) in [5.41, 5.74) is 0. The maximum Gasteiger partial charge on any atom is 0.385 e. The maximum absolute atomic E-state index is 12.0. The lowest BCUT2D eigenvalue weighted by Crippen LogP contribution is -2.42. The molecule has 0 saturated carbocycles. The molecule has 0 aromatic heterocycles. The van der Waals surface area contributed by atoms with Gasteiger partial charge in [-0.3, -0.25) is 4.79 Å². The van der Waals surface area contributed by atoms with Gasteiger partial charge in [0.05, 0.1) is 5.92 Å².